The fraction of sp³-hybridized carbons (Fsp3) is 0.600. The van der Waals surface area contributed by atoms with E-state index in [-0.39, 0.29) is 11.5 Å². The summed E-state index contributed by atoms with van der Waals surface area (Å²) in [5.74, 6) is 0.376. The van der Waals surface area contributed by atoms with Crippen molar-refractivity contribution in [3.8, 4) is 0 Å². The van der Waals surface area contributed by atoms with Crippen LogP contribution in [0.5, 0.6) is 0 Å². The lowest BCUT2D eigenvalue weighted by Gasteiger charge is -2.13. The van der Waals surface area contributed by atoms with Gasteiger partial charge in [0, 0.05) is 11.3 Å². The van der Waals surface area contributed by atoms with Crippen molar-refractivity contribution in [1.82, 2.24) is 0 Å². The van der Waals surface area contributed by atoms with Crippen LogP contribution in [0.4, 0.5) is 0 Å². The molecule has 0 saturated heterocycles. The van der Waals surface area contributed by atoms with Crippen LogP contribution >= 0.6 is 0 Å². The zero-order valence-corrected chi connectivity index (χ0v) is 7.90. The van der Waals surface area contributed by atoms with E-state index in [1.807, 2.05) is 0 Å². The average Bonchev–Trinajstić information content (AvgIpc) is 2.15. The molecule has 1 atom stereocenters. The number of nitrogens with zero attached hydrogens (tertiary/aromatic N) is 1. The third kappa shape index (κ3) is 3.40. The van der Waals surface area contributed by atoms with Gasteiger partial charge in [0.1, 0.15) is 0 Å². The maximum absolute atomic E-state index is 10.1. The van der Waals surface area contributed by atoms with E-state index >= 15 is 0 Å². The summed E-state index contributed by atoms with van der Waals surface area (Å²) in [4.78, 5) is 9.89. The molecular formula is C10H15NO2. The maximum Gasteiger partial charge on any atom is 0.204 e. The zero-order valence-electron chi connectivity index (χ0n) is 7.90. The molecule has 0 heterocycles. The van der Waals surface area contributed by atoms with Crippen molar-refractivity contribution in [3.63, 3.8) is 0 Å². The molecule has 0 bridgehead atoms. The molecule has 0 spiro atoms. The van der Waals surface area contributed by atoms with Gasteiger partial charge < -0.3 is 0 Å². The molecule has 3 nitrogen and oxygen atoms in total. The first-order valence-electron chi connectivity index (χ1n) is 4.71. The largest absolute Gasteiger partial charge is 0.265 e. The van der Waals surface area contributed by atoms with E-state index in [1.54, 1.807) is 0 Å². The molecule has 0 radical (unpaired) electrons. The second-order valence-corrected chi connectivity index (χ2v) is 3.33. The van der Waals surface area contributed by atoms with Crippen LogP contribution in [0.2, 0.25) is 0 Å². The second-order valence-electron chi connectivity index (χ2n) is 3.33. The molecule has 0 aromatic rings. The van der Waals surface area contributed by atoms with Crippen molar-refractivity contribution in [3.05, 3.63) is 33.9 Å². The Morgan fingerprint density at radius 1 is 1.69 bits per heavy atom. The summed E-state index contributed by atoms with van der Waals surface area (Å²) in [6.45, 7) is 2.21. The minimum absolute atomic E-state index is 0.0876. The molecule has 0 aromatic heterocycles. The van der Waals surface area contributed by atoms with Gasteiger partial charge in [0.2, 0.25) is 6.54 Å². The van der Waals surface area contributed by atoms with Gasteiger partial charge in [0.15, 0.2) is 0 Å². The lowest BCUT2D eigenvalue weighted by Crippen LogP contribution is -2.08. The standard InChI is InChI=1S/C10H15NO2/c1-2-9-3-5-10(6-4-9)7-8-11(12)13/h3-5,10H,2,6-8H2,1H3. The van der Waals surface area contributed by atoms with Gasteiger partial charge in [-0.2, -0.15) is 0 Å². The van der Waals surface area contributed by atoms with E-state index in [0.717, 1.165) is 12.8 Å². The fourth-order valence-corrected chi connectivity index (χ4v) is 1.46. The molecule has 0 fully saturated rings. The summed E-state index contributed by atoms with van der Waals surface area (Å²) in [6, 6.07) is 0. The summed E-state index contributed by atoms with van der Waals surface area (Å²) in [7, 11) is 0. The van der Waals surface area contributed by atoms with Crippen molar-refractivity contribution in [2.45, 2.75) is 26.2 Å². The molecule has 0 saturated carbocycles. The van der Waals surface area contributed by atoms with Crippen molar-refractivity contribution >= 4 is 0 Å². The van der Waals surface area contributed by atoms with Gasteiger partial charge in [-0.15, -0.1) is 0 Å². The highest BCUT2D eigenvalue weighted by molar-refractivity contribution is 5.23. The Bertz CT molecular complexity index is 243. The van der Waals surface area contributed by atoms with Gasteiger partial charge in [-0.3, -0.25) is 10.1 Å². The summed E-state index contributed by atoms with van der Waals surface area (Å²) >= 11 is 0. The molecule has 13 heavy (non-hydrogen) atoms. The predicted octanol–water partition coefficient (Wildman–Crippen LogP) is 2.57. The Kier molecular flexibility index (Phi) is 3.68. The van der Waals surface area contributed by atoms with Crippen molar-refractivity contribution in [2.75, 3.05) is 6.54 Å². The monoisotopic (exact) mass is 181 g/mol. The maximum atomic E-state index is 10.1. The van der Waals surface area contributed by atoms with Crippen LogP contribution in [-0.4, -0.2) is 11.5 Å². The van der Waals surface area contributed by atoms with Crippen molar-refractivity contribution < 1.29 is 4.92 Å². The van der Waals surface area contributed by atoms with Crippen molar-refractivity contribution in [1.29, 1.82) is 0 Å². The molecular weight excluding hydrogens is 166 g/mol. The molecule has 1 aliphatic rings. The van der Waals surface area contributed by atoms with Crippen LogP contribution in [0.25, 0.3) is 0 Å². The molecule has 0 amide bonds. The van der Waals surface area contributed by atoms with Crippen LogP contribution in [0.3, 0.4) is 0 Å². The van der Waals surface area contributed by atoms with E-state index in [0.29, 0.717) is 12.3 Å². The van der Waals surface area contributed by atoms with Crippen LogP contribution in [0, 0.1) is 16.0 Å². The van der Waals surface area contributed by atoms with Crippen LogP contribution in [-0.2, 0) is 0 Å². The van der Waals surface area contributed by atoms with Gasteiger partial charge in [-0.25, -0.2) is 0 Å². The molecule has 0 N–H and O–H groups in total. The number of nitro groups is 1. The first kappa shape index (κ1) is 9.96. The van der Waals surface area contributed by atoms with Gasteiger partial charge in [-0.05, 0) is 18.8 Å². The Morgan fingerprint density at radius 2 is 2.46 bits per heavy atom. The molecule has 0 aliphatic heterocycles. The third-order valence-electron chi connectivity index (χ3n) is 2.36. The SMILES string of the molecule is CCC1=CCC(CC[N+](=O)[O-])C=C1. The minimum Gasteiger partial charge on any atom is -0.265 e. The normalized spacial score (nSPS) is 21.3. The van der Waals surface area contributed by atoms with Crippen LogP contribution in [0.15, 0.2) is 23.8 Å². The zero-order chi connectivity index (χ0) is 9.68. The quantitative estimate of drug-likeness (QED) is 0.494. The van der Waals surface area contributed by atoms with E-state index < -0.39 is 0 Å². The van der Waals surface area contributed by atoms with E-state index in [4.69, 9.17) is 0 Å². The Labute approximate surface area is 78.3 Å². The average molecular weight is 181 g/mol. The first-order valence-corrected chi connectivity index (χ1v) is 4.71. The predicted molar refractivity (Wildman–Crippen MR) is 52.1 cm³/mol. The lowest BCUT2D eigenvalue weighted by molar-refractivity contribution is -0.481. The Hall–Kier alpha value is -1.12. The third-order valence-corrected chi connectivity index (χ3v) is 2.36. The Morgan fingerprint density at radius 3 is 2.92 bits per heavy atom. The highest BCUT2D eigenvalue weighted by atomic mass is 16.6. The van der Waals surface area contributed by atoms with E-state index in [1.165, 1.54) is 5.57 Å². The number of hydrogen-bond acceptors (Lipinski definition) is 2. The molecule has 1 unspecified atom stereocenters. The smallest absolute Gasteiger partial charge is 0.204 e. The summed E-state index contributed by atoms with van der Waals surface area (Å²) in [5, 5.41) is 10.1. The highest BCUT2D eigenvalue weighted by Crippen LogP contribution is 2.20. The second kappa shape index (κ2) is 4.80. The molecule has 1 aliphatic carbocycles. The van der Waals surface area contributed by atoms with Gasteiger partial charge in [0.05, 0.1) is 0 Å². The number of allylic oxidation sites excluding steroid dienone is 4. The fourth-order valence-electron chi connectivity index (χ4n) is 1.46. The number of hydrogen-bond donors (Lipinski definition) is 0. The van der Waals surface area contributed by atoms with Gasteiger partial charge >= 0.3 is 0 Å². The van der Waals surface area contributed by atoms with Crippen LogP contribution < -0.4 is 0 Å². The van der Waals surface area contributed by atoms with Crippen LogP contribution in [0.1, 0.15) is 26.2 Å². The molecule has 0 aromatic carbocycles. The van der Waals surface area contributed by atoms with Crippen molar-refractivity contribution in [2.24, 2.45) is 5.92 Å². The minimum atomic E-state index is -0.243. The summed E-state index contributed by atoms with van der Waals surface area (Å²) in [6.07, 6.45) is 9.06. The summed E-state index contributed by atoms with van der Waals surface area (Å²) in [5.41, 5.74) is 1.34. The number of rotatable bonds is 4. The van der Waals surface area contributed by atoms with Gasteiger partial charge in [-0.1, -0.05) is 30.7 Å². The Balaban J connectivity index is 2.31. The molecule has 1 rings (SSSR count). The molecule has 72 valence electrons. The molecule has 3 heteroatoms. The first-order chi connectivity index (χ1) is 6.22. The topological polar surface area (TPSA) is 43.1 Å². The van der Waals surface area contributed by atoms with E-state index in [2.05, 4.69) is 25.2 Å². The van der Waals surface area contributed by atoms with E-state index in [9.17, 15) is 10.1 Å². The van der Waals surface area contributed by atoms with Gasteiger partial charge in [0.25, 0.3) is 0 Å². The highest BCUT2D eigenvalue weighted by Gasteiger charge is 2.10. The lowest BCUT2D eigenvalue weighted by atomic mass is 9.93. The summed E-state index contributed by atoms with van der Waals surface area (Å²) < 4.78 is 0.